The number of hydrogen-bond acceptors (Lipinski definition) is 5. The highest BCUT2D eigenvalue weighted by atomic mass is 35.5. The highest BCUT2D eigenvalue weighted by Gasteiger charge is 2.10. The second-order valence-corrected chi connectivity index (χ2v) is 6.92. The van der Waals surface area contributed by atoms with E-state index in [2.05, 4.69) is 5.32 Å². The van der Waals surface area contributed by atoms with Gasteiger partial charge in [-0.3, -0.25) is 14.9 Å². The molecule has 0 saturated heterocycles. The van der Waals surface area contributed by atoms with E-state index in [0.717, 1.165) is 4.90 Å². The molecule has 0 aromatic heterocycles. The standard InChI is InChI=1S/C20H18ClNO4S/c21-17-9-5-4-6-15(17)10-11-20(25)26-14-19(24)22-18(23)12-13-27-16-7-2-1-3-8-16/h1-11H,12-14H2,(H,22,23,24). The average Bonchev–Trinajstić information content (AvgIpc) is 2.66. The lowest BCUT2D eigenvalue weighted by atomic mass is 10.2. The number of imide groups is 1. The fourth-order valence-corrected chi connectivity index (χ4v) is 3.06. The summed E-state index contributed by atoms with van der Waals surface area (Å²) in [7, 11) is 0. The molecule has 140 valence electrons. The first-order chi connectivity index (χ1) is 13.0. The molecule has 0 bridgehead atoms. The molecule has 27 heavy (non-hydrogen) atoms. The lowest BCUT2D eigenvalue weighted by Crippen LogP contribution is -2.34. The van der Waals surface area contributed by atoms with Crippen LogP contribution in [0.15, 0.2) is 65.6 Å². The third kappa shape index (κ3) is 8.11. The third-order valence-corrected chi connectivity index (χ3v) is 4.63. The van der Waals surface area contributed by atoms with Gasteiger partial charge in [-0.15, -0.1) is 11.8 Å². The van der Waals surface area contributed by atoms with Gasteiger partial charge < -0.3 is 4.74 Å². The lowest BCUT2D eigenvalue weighted by molar-refractivity contribution is -0.145. The zero-order valence-electron chi connectivity index (χ0n) is 14.4. The summed E-state index contributed by atoms with van der Waals surface area (Å²) < 4.78 is 4.80. The van der Waals surface area contributed by atoms with Crippen molar-refractivity contribution in [3.8, 4) is 0 Å². The van der Waals surface area contributed by atoms with Crippen molar-refractivity contribution in [2.24, 2.45) is 0 Å². The van der Waals surface area contributed by atoms with Crippen molar-refractivity contribution in [1.29, 1.82) is 0 Å². The monoisotopic (exact) mass is 403 g/mol. The van der Waals surface area contributed by atoms with Gasteiger partial charge in [0.25, 0.3) is 5.91 Å². The van der Waals surface area contributed by atoms with E-state index >= 15 is 0 Å². The number of ether oxygens (including phenoxy) is 1. The number of rotatable bonds is 8. The van der Waals surface area contributed by atoms with Crippen LogP contribution < -0.4 is 5.32 Å². The maximum absolute atomic E-state index is 11.7. The van der Waals surface area contributed by atoms with E-state index in [1.165, 1.54) is 23.9 Å². The van der Waals surface area contributed by atoms with Crippen molar-refractivity contribution in [2.75, 3.05) is 12.4 Å². The molecule has 0 unspecified atom stereocenters. The Balaban J connectivity index is 1.65. The molecule has 0 aliphatic carbocycles. The molecule has 7 heteroatoms. The predicted octanol–water partition coefficient (Wildman–Crippen LogP) is 3.72. The minimum Gasteiger partial charge on any atom is -0.452 e. The first-order valence-corrected chi connectivity index (χ1v) is 9.51. The first kappa shape index (κ1) is 20.7. The van der Waals surface area contributed by atoms with Gasteiger partial charge in [-0.2, -0.15) is 0 Å². The number of amides is 2. The molecule has 5 nitrogen and oxygen atoms in total. The Morgan fingerprint density at radius 1 is 1.00 bits per heavy atom. The SMILES string of the molecule is O=C(CCSc1ccccc1)NC(=O)COC(=O)C=Cc1ccccc1Cl. The summed E-state index contributed by atoms with van der Waals surface area (Å²) in [6, 6.07) is 16.6. The molecule has 0 aliphatic rings. The maximum atomic E-state index is 11.7. The number of carbonyl (C=O) groups is 3. The second-order valence-electron chi connectivity index (χ2n) is 5.35. The van der Waals surface area contributed by atoms with Crippen molar-refractivity contribution >= 4 is 47.2 Å². The minimum atomic E-state index is -0.697. The molecule has 0 spiro atoms. The van der Waals surface area contributed by atoms with Crippen molar-refractivity contribution in [1.82, 2.24) is 5.32 Å². The van der Waals surface area contributed by atoms with Crippen LogP contribution in [0.5, 0.6) is 0 Å². The number of carbonyl (C=O) groups excluding carboxylic acids is 3. The maximum Gasteiger partial charge on any atom is 0.331 e. The van der Waals surface area contributed by atoms with Crippen molar-refractivity contribution < 1.29 is 19.1 Å². The summed E-state index contributed by atoms with van der Waals surface area (Å²) in [5, 5.41) is 2.69. The smallest absolute Gasteiger partial charge is 0.331 e. The van der Waals surface area contributed by atoms with Crippen molar-refractivity contribution in [3.05, 3.63) is 71.3 Å². The molecule has 0 radical (unpaired) electrons. The molecule has 0 saturated carbocycles. The Kier molecular flexibility index (Phi) is 8.61. The molecule has 0 heterocycles. The van der Waals surface area contributed by atoms with Gasteiger partial charge >= 0.3 is 5.97 Å². The number of benzene rings is 2. The highest BCUT2D eigenvalue weighted by molar-refractivity contribution is 7.99. The molecule has 0 fully saturated rings. The van der Waals surface area contributed by atoms with Crippen LogP contribution in [0.2, 0.25) is 5.02 Å². The van der Waals surface area contributed by atoms with Crippen LogP contribution in [0.25, 0.3) is 6.08 Å². The number of thioether (sulfide) groups is 1. The van der Waals surface area contributed by atoms with Crippen LogP contribution in [0, 0.1) is 0 Å². The van der Waals surface area contributed by atoms with Gasteiger partial charge in [0.15, 0.2) is 6.61 Å². The largest absolute Gasteiger partial charge is 0.452 e. The third-order valence-electron chi connectivity index (χ3n) is 3.27. The zero-order valence-corrected chi connectivity index (χ0v) is 16.0. The molecule has 2 amide bonds. The van der Waals surface area contributed by atoms with Crippen LogP contribution in [0.1, 0.15) is 12.0 Å². The normalized spacial score (nSPS) is 10.6. The van der Waals surface area contributed by atoms with Crippen molar-refractivity contribution in [2.45, 2.75) is 11.3 Å². The quantitative estimate of drug-likeness (QED) is 0.413. The van der Waals surface area contributed by atoms with E-state index in [1.807, 2.05) is 30.3 Å². The molecular weight excluding hydrogens is 386 g/mol. The molecule has 0 aliphatic heterocycles. The van der Waals surface area contributed by atoms with E-state index in [9.17, 15) is 14.4 Å². The average molecular weight is 404 g/mol. The van der Waals surface area contributed by atoms with Crippen LogP contribution in [0.4, 0.5) is 0 Å². The number of esters is 1. The van der Waals surface area contributed by atoms with Gasteiger partial charge in [-0.1, -0.05) is 48.0 Å². The van der Waals surface area contributed by atoms with Gasteiger partial charge in [-0.25, -0.2) is 4.79 Å². The Labute approximate surface area is 166 Å². The Bertz CT molecular complexity index is 824. The van der Waals surface area contributed by atoms with Crippen LogP contribution >= 0.6 is 23.4 Å². The summed E-state index contributed by atoms with van der Waals surface area (Å²) in [6.07, 6.45) is 2.85. The van der Waals surface area contributed by atoms with Gasteiger partial charge in [0.1, 0.15) is 0 Å². The number of halogens is 1. The Morgan fingerprint density at radius 2 is 1.70 bits per heavy atom. The first-order valence-electron chi connectivity index (χ1n) is 8.14. The van der Waals surface area contributed by atoms with E-state index in [4.69, 9.17) is 16.3 Å². The summed E-state index contributed by atoms with van der Waals surface area (Å²) in [5.74, 6) is -1.23. The van der Waals surface area contributed by atoms with Crippen molar-refractivity contribution in [3.63, 3.8) is 0 Å². The highest BCUT2D eigenvalue weighted by Crippen LogP contribution is 2.17. The number of hydrogen-bond donors (Lipinski definition) is 1. The molecule has 1 N–H and O–H groups in total. The molecule has 2 rings (SSSR count). The van der Waals surface area contributed by atoms with E-state index in [0.29, 0.717) is 16.3 Å². The fourth-order valence-electron chi connectivity index (χ4n) is 1.99. The predicted molar refractivity (Wildman–Crippen MR) is 106 cm³/mol. The molecule has 0 atom stereocenters. The summed E-state index contributed by atoms with van der Waals surface area (Å²) in [4.78, 5) is 36.1. The van der Waals surface area contributed by atoms with Gasteiger partial charge in [0.2, 0.25) is 5.91 Å². The van der Waals surface area contributed by atoms with Gasteiger partial charge in [-0.05, 0) is 29.8 Å². The van der Waals surface area contributed by atoms with Crippen LogP contribution in [-0.4, -0.2) is 30.1 Å². The molecule has 2 aromatic carbocycles. The fraction of sp³-hybridized carbons (Fsp3) is 0.150. The van der Waals surface area contributed by atoms with Gasteiger partial charge in [0.05, 0.1) is 0 Å². The van der Waals surface area contributed by atoms with Crippen LogP contribution in [0.3, 0.4) is 0 Å². The van der Waals surface area contributed by atoms with E-state index < -0.39 is 24.4 Å². The zero-order chi connectivity index (χ0) is 19.5. The Hall–Kier alpha value is -2.57. The summed E-state index contributed by atoms with van der Waals surface area (Å²) in [5.41, 5.74) is 0.659. The second kappa shape index (κ2) is 11.2. The lowest BCUT2D eigenvalue weighted by Gasteiger charge is -2.05. The van der Waals surface area contributed by atoms with Gasteiger partial charge in [0, 0.05) is 28.2 Å². The summed E-state index contributed by atoms with van der Waals surface area (Å²) in [6.45, 7) is -0.525. The topological polar surface area (TPSA) is 72.5 Å². The minimum absolute atomic E-state index is 0.186. The summed E-state index contributed by atoms with van der Waals surface area (Å²) >= 11 is 7.49. The van der Waals surface area contributed by atoms with E-state index in [-0.39, 0.29) is 6.42 Å². The Morgan fingerprint density at radius 3 is 2.44 bits per heavy atom. The number of nitrogens with one attached hydrogen (secondary N) is 1. The van der Waals surface area contributed by atoms with Crippen LogP contribution in [-0.2, 0) is 19.1 Å². The van der Waals surface area contributed by atoms with E-state index in [1.54, 1.807) is 24.3 Å². The molecular formula is C20H18ClNO4S. The molecule has 2 aromatic rings.